The predicted octanol–water partition coefficient (Wildman–Crippen LogP) is 2.99. The van der Waals surface area contributed by atoms with Gasteiger partial charge in [-0.2, -0.15) is 0 Å². The predicted molar refractivity (Wildman–Crippen MR) is 90.4 cm³/mol. The molecule has 6 atom stereocenters. The summed E-state index contributed by atoms with van der Waals surface area (Å²) < 4.78 is 10.5. The Morgan fingerprint density at radius 3 is 2.96 bits per heavy atom. The molecule has 2 N–H and O–H groups in total. The van der Waals surface area contributed by atoms with Crippen molar-refractivity contribution in [2.45, 2.75) is 51.7 Å². The summed E-state index contributed by atoms with van der Waals surface area (Å²) in [6, 6.07) is 1.78. The Morgan fingerprint density at radius 1 is 1.44 bits per heavy atom. The molecule has 25 heavy (non-hydrogen) atoms. The van der Waals surface area contributed by atoms with Gasteiger partial charge in [-0.15, -0.1) is 0 Å². The van der Waals surface area contributed by atoms with Crippen molar-refractivity contribution < 1.29 is 24.2 Å². The van der Waals surface area contributed by atoms with Gasteiger partial charge in [-0.1, -0.05) is 19.9 Å². The average Bonchev–Trinajstić information content (AvgIpc) is 3.22. The molecular weight excluding hydrogens is 320 g/mol. The van der Waals surface area contributed by atoms with Gasteiger partial charge in [0.15, 0.2) is 0 Å². The number of carbonyl (C=O) groups is 1. The van der Waals surface area contributed by atoms with Crippen LogP contribution in [0.2, 0.25) is 0 Å². The summed E-state index contributed by atoms with van der Waals surface area (Å²) in [5.74, 6) is -0.00434. The summed E-state index contributed by atoms with van der Waals surface area (Å²) in [7, 11) is 0. The molecule has 5 heteroatoms. The Hall–Kier alpha value is -1.59. The molecule has 136 valence electrons. The highest BCUT2D eigenvalue weighted by Crippen LogP contribution is 2.64. The van der Waals surface area contributed by atoms with Gasteiger partial charge in [0.2, 0.25) is 0 Å². The van der Waals surface area contributed by atoms with Crippen LogP contribution < -0.4 is 0 Å². The van der Waals surface area contributed by atoms with Crippen molar-refractivity contribution >= 4 is 5.97 Å². The first-order valence-electron chi connectivity index (χ1n) is 9.14. The summed E-state index contributed by atoms with van der Waals surface area (Å²) in [5.41, 5.74) is 0.792. The van der Waals surface area contributed by atoms with Crippen molar-refractivity contribution in [2.24, 2.45) is 22.7 Å². The number of rotatable bonds is 3. The number of carbonyl (C=O) groups excluding carboxylic acids is 1. The molecular formula is C20H26O5. The molecule has 1 saturated carbocycles. The zero-order valence-corrected chi connectivity index (χ0v) is 14.8. The van der Waals surface area contributed by atoms with Gasteiger partial charge in [-0.25, -0.2) is 4.79 Å². The molecule has 2 aliphatic carbocycles. The second-order valence-corrected chi connectivity index (χ2v) is 8.32. The molecule has 1 saturated heterocycles. The number of esters is 1. The smallest absolute Gasteiger partial charge is 0.334 e. The zero-order chi connectivity index (χ0) is 17.8. The molecule has 1 spiro atoms. The van der Waals surface area contributed by atoms with Crippen LogP contribution in [0, 0.1) is 22.7 Å². The number of allylic oxidation sites excluding steroid dienone is 1. The van der Waals surface area contributed by atoms with Gasteiger partial charge >= 0.3 is 5.97 Å². The van der Waals surface area contributed by atoms with Gasteiger partial charge < -0.3 is 19.4 Å². The first-order chi connectivity index (χ1) is 11.9. The number of aliphatic hydroxyl groups excluding tert-OH is 2. The van der Waals surface area contributed by atoms with Crippen LogP contribution in [0.15, 0.2) is 34.7 Å². The number of hydrogen-bond acceptors (Lipinski definition) is 5. The van der Waals surface area contributed by atoms with E-state index in [1.807, 2.05) is 6.08 Å². The monoisotopic (exact) mass is 346 g/mol. The summed E-state index contributed by atoms with van der Waals surface area (Å²) in [5, 5.41) is 21.6. The van der Waals surface area contributed by atoms with Crippen molar-refractivity contribution in [3.05, 3.63) is 35.8 Å². The lowest BCUT2D eigenvalue weighted by Gasteiger charge is -2.58. The van der Waals surface area contributed by atoms with Crippen LogP contribution in [0.1, 0.15) is 51.2 Å². The minimum Gasteiger partial charge on any atom is -0.472 e. The van der Waals surface area contributed by atoms with E-state index in [2.05, 4.69) is 13.8 Å². The van der Waals surface area contributed by atoms with Gasteiger partial charge in [-0.3, -0.25) is 0 Å². The highest BCUT2D eigenvalue weighted by molar-refractivity contribution is 5.92. The maximum atomic E-state index is 12.2. The van der Waals surface area contributed by atoms with Crippen LogP contribution in [0.5, 0.6) is 0 Å². The van der Waals surface area contributed by atoms with Crippen molar-refractivity contribution in [3.63, 3.8) is 0 Å². The molecule has 2 fully saturated rings. The highest BCUT2D eigenvalue weighted by atomic mass is 16.5. The van der Waals surface area contributed by atoms with Crippen LogP contribution in [0.25, 0.3) is 0 Å². The summed E-state index contributed by atoms with van der Waals surface area (Å²) in [6.07, 6.45) is 6.85. The number of furan rings is 1. The van der Waals surface area contributed by atoms with Crippen LogP contribution in [0.3, 0.4) is 0 Å². The maximum absolute atomic E-state index is 12.2. The number of ether oxygens (including phenoxy) is 1. The fourth-order valence-corrected chi connectivity index (χ4v) is 5.70. The van der Waals surface area contributed by atoms with Gasteiger partial charge in [0.05, 0.1) is 24.7 Å². The van der Waals surface area contributed by atoms with Crippen LogP contribution >= 0.6 is 0 Å². The first-order valence-corrected chi connectivity index (χ1v) is 9.14. The van der Waals surface area contributed by atoms with Crippen LogP contribution in [0.4, 0.5) is 0 Å². The van der Waals surface area contributed by atoms with E-state index < -0.39 is 17.6 Å². The van der Waals surface area contributed by atoms with Crippen molar-refractivity contribution in [3.8, 4) is 0 Å². The topological polar surface area (TPSA) is 79.9 Å². The first kappa shape index (κ1) is 16.9. The standard InChI is InChI=1S/C20H26O5/c1-12-15(21)9-20-11-25-18(23)14(20)4-3-5-17(20)19(12,2)8-16(22)13-6-7-24-10-13/h4,6-7,10,12,15-17,21-22H,3,5,8-9,11H2,1-2H3/t12-,15-,16-,17-,19+,20-/m1/s1. The second-order valence-electron chi connectivity index (χ2n) is 8.32. The third-order valence-corrected chi connectivity index (χ3v) is 7.24. The normalized spacial score (nSPS) is 41.5. The lowest BCUT2D eigenvalue weighted by Crippen LogP contribution is -2.57. The Morgan fingerprint density at radius 2 is 2.24 bits per heavy atom. The van der Waals surface area contributed by atoms with Gasteiger partial charge in [0.25, 0.3) is 0 Å². The lowest BCUT2D eigenvalue weighted by molar-refractivity contribution is -0.142. The Labute approximate surface area is 147 Å². The molecule has 4 rings (SSSR count). The minimum atomic E-state index is -0.652. The quantitative estimate of drug-likeness (QED) is 0.823. The van der Waals surface area contributed by atoms with Crippen LogP contribution in [-0.4, -0.2) is 28.9 Å². The molecule has 0 radical (unpaired) electrons. The molecule has 0 unspecified atom stereocenters. The van der Waals surface area contributed by atoms with E-state index >= 15 is 0 Å². The molecule has 3 aliphatic rings. The molecule has 0 aromatic carbocycles. The fourth-order valence-electron chi connectivity index (χ4n) is 5.70. The minimum absolute atomic E-state index is 0.0275. The van der Waals surface area contributed by atoms with E-state index in [0.29, 0.717) is 19.4 Å². The largest absolute Gasteiger partial charge is 0.472 e. The molecule has 1 aromatic heterocycles. The third kappa shape index (κ3) is 2.32. The third-order valence-electron chi connectivity index (χ3n) is 7.24. The maximum Gasteiger partial charge on any atom is 0.334 e. The Bertz CT molecular complexity index is 693. The van der Waals surface area contributed by atoms with Crippen molar-refractivity contribution in [1.82, 2.24) is 0 Å². The Kier molecular flexibility index (Phi) is 3.85. The average molecular weight is 346 g/mol. The highest BCUT2D eigenvalue weighted by Gasteiger charge is 2.63. The molecule has 2 heterocycles. The summed E-state index contributed by atoms with van der Waals surface area (Å²) >= 11 is 0. The molecule has 0 bridgehead atoms. The second kappa shape index (κ2) is 5.71. The lowest BCUT2D eigenvalue weighted by atomic mass is 9.46. The van der Waals surface area contributed by atoms with Crippen LogP contribution in [-0.2, 0) is 9.53 Å². The van der Waals surface area contributed by atoms with E-state index in [4.69, 9.17) is 9.15 Å². The number of hydrogen-bond donors (Lipinski definition) is 2. The van der Waals surface area contributed by atoms with Gasteiger partial charge in [-0.05, 0) is 49.0 Å². The van der Waals surface area contributed by atoms with E-state index in [0.717, 1.165) is 24.0 Å². The van der Waals surface area contributed by atoms with E-state index in [-0.39, 0.29) is 23.2 Å². The van der Waals surface area contributed by atoms with E-state index in [1.165, 1.54) is 0 Å². The van der Waals surface area contributed by atoms with E-state index in [9.17, 15) is 15.0 Å². The summed E-state index contributed by atoms with van der Waals surface area (Å²) in [6.45, 7) is 4.57. The SMILES string of the molecule is C[C@@H]1[C@H](O)C[C@@]23COC(=O)C2=CCC[C@@H]3[C@@]1(C)C[C@@H](O)c1ccoc1. The van der Waals surface area contributed by atoms with Crippen molar-refractivity contribution in [2.75, 3.05) is 6.61 Å². The number of aliphatic hydroxyl groups is 2. The van der Waals surface area contributed by atoms with Gasteiger partial charge in [0, 0.05) is 16.6 Å². The molecule has 1 aromatic rings. The van der Waals surface area contributed by atoms with Gasteiger partial charge in [0.1, 0.15) is 6.61 Å². The molecule has 1 aliphatic heterocycles. The summed E-state index contributed by atoms with van der Waals surface area (Å²) in [4.78, 5) is 12.2. The Balaban J connectivity index is 1.73. The number of cyclic esters (lactones) is 1. The van der Waals surface area contributed by atoms with E-state index in [1.54, 1.807) is 18.6 Å². The van der Waals surface area contributed by atoms with Crippen molar-refractivity contribution in [1.29, 1.82) is 0 Å². The zero-order valence-electron chi connectivity index (χ0n) is 14.8. The molecule has 0 amide bonds. The fraction of sp³-hybridized carbons (Fsp3) is 0.650. The molecule has 5 nitrogen and oxygen atoms in total.